The van der Waals surface area contributed by atoms with E-state index in [-0.39, 0.29) is 17.6 Å². The average molecular weight is 488 g/mol. The maximum atomic E-state index is 13.3. The highest BCUT2D eigenvalue weighted by Gasteiger charge is 2.59. The molecule has 2 atom stereocenters. The molecule has 5 heteroatoms. The number of ether oxygens (including phenoxy) is 1. The number of hydrogen-bond donors (Lipinski definition) is 1. The molecule has 0 radical (unpaired) electrons. The summed E-state index contributed by atoms with van der Waals surface area (Å²) in [6.45, 7) is 2.13. The van der Waals surface area contributed by atoms with Gasteiger partial charge in [-0.1, -0.05) is 61.4 Å². The molecule has 0 unspecified atom stereocenters. The van der Waals surface area contributed by atoms with Crippen molar-refractivity contribution in [3.05, 3.63) is 70.8 Å². The third kappa shape index (κ3) is 4.47. The number of methoxy groups -OCH3 is 1. The second kappa shape index (κ2) is 10.0. The molecule has 0 aromatic heterocycles. The van der Waals surface area contributed by atoms with E-state index in [1.54, 1.807) is 7.11 Å². The number of benzene rings is 2. The largest absolute Gasteiger partial charge is 0.381 e. The summed E-state index contributed by atoms with van der Waals surface area (Å²) in [4.78, 5) is 20.5. The van der Waals surface area contributed by atoms with Crippen molar-refractivity contribution in [2.24, 2.45) is 22.1 Å². The summed E-state index contributed by atoms with van der Waals surface area (Å²) in [6.07, 6.45) is 11.0. The van der Waals surface area contributed by atoms with E-state index in [9.17, 15) is 4.79 Å². The minimum Gasteiger partial charge on any atom is -0.381 e. The van der Waals surface area contributed by atoms with Gasteiger partial charge < -0.3 is 20.2 Å². The van der Waals surface area contributed by atoms with E-state index in [1.807, 2.05) is 30.1 Å². The standard InChI is InChI=1S/C31H41N3O2/c1-22(25-7-5-4-6-8-25)34(2)29(32)33-31(21-35)28-19-24(12-11-23-9-10-23)13-14-26(28)20-30(31)17-15-27(36-3)16-18-30/h4-8,13-14,19,21-23,27H,9-12,15-18,20H2,1-3H3,(H2,32,33)/t22-,27?,30?,31+/m0/s1. The fourth-order valence-corrected chi connectivity index (χ4v) is 6.59. The molecule has 5 rings (SSSR count). The Morgan fingerprint density at radius 2 is 1.89 bits per heavy atom. The summed E-state index contributed by atoms with van der Waals surface area (Å²) in [5, 5.41) is 0. The van der Waals surface area contributed by atoms with E-state index in [0.29, 0.717) is 5.96 Å². The number of hydrogen-bond acceptors (Lipinski definition) is 3. The number of aldehydes is 1. The van der Waals surface area contributed by atoms with Gasteiger partial charge in [0.25, 0.3) is 0 Å². The fraction of sp³-hybridized carbons (Fsp3) is 0.548. The Hall–Kier alpha value is -2.66. The number of carbonyl (C=O) groups excluding carboxylic acids is 1. The quantitative estimate of drug-likeness (QED) is 0.301. The molecule has 2 N–H and O–H groups in total. The molecule has 2 fully saturated rings. The van der Waals surface area contributed by atoms with Crippen molar-refractivity contribution in [1.82, 2.24) is 4.90 Å². The number of fused-ring (bicyclic) bond motifs is 1. The van der Waals surface area contributed by atoms with Crippen molar-refractivity contribution in [2.75, 3.05) is 14.2 Å². The van der Waals surface area contributed by atoms with Gasteiger partial charge in [0.15, 0.2) is 17.8 Å². The van der Waals surface area contributed by atoms with Gasteiger partial charge in [0.2, 0.25) is 0 Å². The van der Waals surface area contributed by atoms with Gasteiger partial charge in [-0.15, -0.1) is 0 Å². The highest BCUT2D eigenvalue weighted by Crippen LogP contribution is 2.59. The van der Waals surface area contributed by atoms with Crippen molar-refractivity contribution in [3.8, 4) is 0 Å². The smallest absolute Gasteiger partial charge is 0.192 e. The molecule has 0 saturated heterocycles. The van der Waals surface area contributed by atoms with Gasteiger partial charge in [-0.2, -0.15) is 0 Å². The van der Waals surface area contributed by atoms with Crippen LogP contribution < -0.4 is 5.73 Å². The van der Waals surface area contributed by atoms with Crippen LogP contribution in [0.25, 0.3) is 0 Å². The molecule has 0 aliphatic heterocycles. The zero-order valence-electron chi connectivity index (χ0n) is 22.1. The minimum absolute atomic E-state index is 0.0459. The lowest BCUT2D eigenvalue weighted by Crippen LogP contribution is -2.49. The maximum absolute atomic E-state index is 13.3. The molecule has 0 amide bonds. The van der Waals surface area contributed by atoms with Crippen molar-refractivity contribution in [2.45, 2.75) is 82.4 Å². The summed E-state index contributed by atoms with van der Waals surface area (Å²) >= 11 is 0. The van der Waals surface area contributed by atoms with Crippen molar-refractivity contribution < 1.29 is 9.53 Å². The predicted molar refractivity (Wildman–Crippen MR) is 145 cm³/mol. The number of carbonyl (C=O) groups is 1. The Morgan fingerprint density at radius 3 is 2.53 bits per heavy atom. The topological polar surface area (TPSA) is 67.9 Å². The van der Waals surface area contributed by atoms with E-state index in [1.165, 1.54) is 36.0 Å². The van der Waals surface area contributed by atoms with Crippen LogP contribution in [0, 0.1) is 11.3 Å². The first kappa shape index (κ1) is 25.0. The van der Waals surface area contributed by atoms with Gasteiger partial charge in [0.1, 0.15) is 0 Å². The first-order chi connectivity index (χ1) is 17.4. The van der Waals surface area contributed by atoms with Crippen LogP contribution in [0.3, 0.4) is 0 Å². The van der Waals surface area contributed by atoms with Crippen LogP contribution in [0.15, 0.2) is 53.5 Å². The first-order valence-electron chi connectivity index (χ1n) is 13.7. The van der Waals surface area contributed by atoms with E-state index >= 15 is 0 Å². The van der Waals surface area contributed by atoms with E-state index in [4.69, 9.17) is 15.5 Å². The Balaban J connectivity index is 1.54. The van der Waals surface area contributed by atoms with Crippen LogP contribution in [-0.2, 0) is 27.9 Å². The molecule has 36 heavy (non-hydrogen) atoms. The van der Waals surface area contributed by atoms with Gasteiger partial charge in [-0.05, 0) is 80.0 Å². The van der Waals surface area contributed by atoms with Crippen molar-refractivity contribution in [3.63, 3.8) is 0 Å². The summed E-state index contributed by atoms with van der Waals surface area (Å²) in [5.41, 5.74) is 10.3. The van der Waals surface area contributed by atoms with Crippen LogP contribution in [0.2, 0.25) is 0 Å². The van der Waals surface area contributed by atoms with E-state index < -0.39 is 5.54 Å². The zero-order chi connectivity index (χ0) is 25.3. The lowest BCUT2D eigenvalue weighted by molar-refractivity contribution is -0.118. The predicted octanol–water partition coefficient (Wildman–Crippen LogP) is 5.56. The maximum Gasteiger partial charge on any atom is 0.192 e. The normalized spacial score (nSPS) is 28.6. The van der Waals surface area contributed by atoms with Gasteiger partial charge in [0, 0.05) is 19.6 Å². The first-order valence-corrected chi connectivity index (χ1v) is 13.7. The van der Waals surface area contributed by atoms with Gasteiger partial charge in [-0.3, -0.25) is 0 Å². The van der Waals surface area contributed by atoms with Gasteiger partial charge >= 0.3 is 0 Å². The molecular formula is C31H41N3O2. The number of aryl methyl sites for hydroxylation is 1. The van der Waals surface area contributed by atoms with Crippen LogP contribution in [-0.4, -0.2) is 37.4 Å². The Bertz CT molecular complexity index is 1100. The van der Waals surface area contributed by atoms with Gasteiger partial charge in [-0.25, -0.2) is 4.99 Å². The zero-order valence-corrected chi connectivity index (χ0v) is 22.1. The Labute approximate surface area is 216 Å². The third-order valence-corrected chi connectivity index (χ3v) is 9.37. The van der Waals surface area contributed by atoms with Crippen LogP contribution in [0.4, 0.5) is 0 Å². The van der Waals surface area contributed by atoms with E-state index in [2.05, 4.69) is 37.3 Å². The Morgan fingerprint density at radius 1 is 1.17 bits per heavy atom. The summed E-state index contributed by atoms with van der Waals surface area (Å²) in [6, 6.07) is 17.2. The lowest BCUT2D eigenvalue weighted by Gasteiger charge is -2.45. The number of aliphatic imine (C=N–C) groups is 1. The molecular weight excluding hydrogens is 446 g/mol. The number of nitrogens with two attached hydrogens (primary N) is 1. The summed E-state index contributed by atoms with van der Waals surface area (Å²) < 4.78 is 5.69. The molecule has 192 valence electrons. The summed E-state index contributed by atoms with van der Waals surface area (Å²) in [7, 11) is 3.77. The molecule has 2 aromatic rings. The SMILES string of the molecule is COC1CCC2(CC1)Cc1ccc(CCC3CC3)cc1[C@@]2(C=O)N=C(N)N(C)[C@@H](C)c1ccccc1. The molecule has 2 saturated carbocycles. The van der Waals surface area contributed by atoms with Crippen molar-refractivity contribution >= 4 is 12.2 Å². The lowest BCUT2D eigenvalue weighted by atomic mass is 9.62. The minimum atomic E-state index is -0.967. The molecule has 3 aliphatic carbocycles. The molecule has 0 bridgehead atoms. The third-order valence-electron chi connectivity index (χ3n) is 9.37. The highest BCUT2D eigenvalue weighted by molar-refractivity contribution is 5.84. The van der Waals surface area contributed by atoms with Crippen molar-refractivity contribution in [1.29, 1.82) is 0 Å². The van der Waals surface area contributed by atoms with E-state index in [0.717, 1.165) is 56.3 Å². The fourth-order valence-electron chi connectivity index (χ4n) is 6.59. The number of rotatable bonds is 8. The summed E-state index contributed by atoms with van der Waals surface area (Å²) in [5.74, 6) is 1.30. The van der Waals surface area contributed by atoms with Crippen LogP contribution in [0.1, 0.15) is 80.2 Å². The monoisotopic (exact) mass is 487 g/mol. The molecule has 3 aliphatic rings. The van der Waals surface area contributed by atoms with Gasteiger partial charge in [0.05, 0.1) is 12.1 Å². The second-order valence-corrected chi connectivity index (χ2v) is 11.4. The number of guanidine groups is 1. The second-order valence-electron chi connectivity index (χ2n) is 11.4. The molecule has 2 aromatic carbocycles. The molecule has 5 nitrogen and oxygen atoms in total. The molecule has 1 spiro atoms. The molecule has 0 heterocycles. The Kier molecular flexibility index (Phi) is 6.95. The highest BCUT2D eigenvalue weighted by atomic mass is 16.5. The van der Waals surface area contributed by atoms with Crippen LogP contribution >= 0.6 is 0 Å². The number of nitrogens with zero attached hydrogens (tertiary/aromatic N) is 2. The van der Waals surface area contributed by atoms with Crippen LogP contribution in [0.5, 0.6) is 0 Å². The average Bonchev–Trinajstić information content (AvgIpc) is 3.72.